The van der Waals surface area contributed by atoms with Gasteiger partial charge in [-0.3, -0.25) is 9.59 Å². The summed E-state index contributed by atoms with van der Waals surface area (Å²) < 4.78 is 37.9. The Balaban J connectivity index is 1.22. The Morgan fingerprint density at radius 2 is 1.59 bits per heavy atom. The molecular weight excluding hydrogens is 542 g/mol. The van der Waals surface area contributed by atoms with E-state index in [-0.39, 0.29) is 29.9 Å². The molecule has 2 aliphatic rings. The van der Waals surface area contributed by atoms with E-state index in [9.17, 15) is 18.0 Å². The van der Waals surface area contributed by atoms with Gasteiger partial charge in [0.1, 0.15) is 6.04 Å². The molecule has 1 saturated heterocycles. The fourth-order valence-corrected chi connectivity index (χ4v) is 6.57. The fraction of sp³-hybridized carbons (Fsp3) is 0.355. The number of carbonyl (C=O) groups excluding carboxylic acids is 2. The number of aryl methyl sites for hydroxylation is 1. The maximum Gasteiger partial charge on any atom is 0.243 e. The summed E-state index contributed by atoms with van der Waals surface area (Å²) >= 11 is 0. The molecule has 0 bridgehead atoms. The number of nitrogens with one attached hydrogen (secondary N) is 1. The van der Waals surface area contributed by atoms with Gasteiger partial charge < -0.3 is 19.7 Å². The molecular formula is C31H35N3O6S. The van der Waals surface area contributed by atoms with Gasteiger partial charge >= 0.3 is 0 Å². The predicted octanol–water partition coefficient (Wildman–Crippen LogP) is 3.87. The minimum Gasteiger partial charge on any atom is -0.454 e. The van der Waals surface area contributed by atoms with Crippen molar-refractivity contribution in [2.75, 3.05) is 19.9 Å². The molecule has 0 radical (unpaired) electrons. The third-order valence-electron chi connectivity index (χ3n) is 7.52. The lowest BCUT2D eigenvalue weighted by molar-refractivity contribution is -0.140. The first kappa shape index (κ1) is 28.6. The molecule has 41 heavy (non-hydrogen) atoms. The molecule has 2 heterocycles. The molecule has 0 spiro atoms. The molecule has 1 atom stereocenters. The topological polar surface area (TPSA) is 105 Å². The third kappa shape index (κ3) is 6.89. The summed E-state index contributed by atoms with van der Waals surface area (Å²) in [5.74, 6) is 0.903. The maximum absolute atomic E-state index is 13.5. The zero-order valence-corrected chi connectivity index (χ0v) is 23.9. The maximum atomic E-state index is 13.5. The van der Waals surface area contributed by atoms with Crippen molar-refractivity contribution in [1.82, 2.24) is 14.5 Å². The van der Waals surface area contributed by atoms with Crippen molar-refractivity contribution in [2.45, 2.75) is 56.6 Å². The van der Waals surface area contributed by atoms with E-state index in [1.54, 1.807) is 36.1 Å². The molecule has 1 unspecified atom stereocenters. The number of carbonyl (C=O) groups is 2. The predicted molar refractivity (Wildman–Crippen MR) is 154 cm³/mol. The zero-order valence-electron chi connectivity index (χ0n) is 23.1. The number of fused-ring (bicyclic) bond motifs is 1. The lowest BCUT2D eigenvalue weighted by Crippen LogP contribution is -2.47. The van der Waals surface area contributed by atoms with Crippen LogP contribution >= 0.6 is 0 Å². The minimum atomic E-state index is -3.48. The van der Waals surface area contributed by atoms with Gasteiger partial charge in [0, 0.05) is 32.6 Å². The Kier molecular flexibility index (Phi) is 8.90. The molecule has 5 rings (SSSR count). The van der Waals surface area contributed by atoms with Gasteiger partial charge in [-0.05, 0) is 67.1 Å². The number of sulfonamides is 1. The second kappa shape index (κ2) is 12.7. The minimum absolute atomic E-state index is 0.159. The van der Waals surface area contributed by atoms with E-state index in [0.29, 0.717) is 44.1 Å². The van der Waals surface area contributed by atoms with Gasteiger partial charge in [0.15, 0.2) is 11.5 Å². The number of benzene rings is 3. The lowest BCUT2D eigenvalue weighted by Gasteiger charge is -2.29. The molecule has 2 aliphatic heterocycles. The Labute approximate surface area is 241 Å². The van der Waals surface area contributed by atoms with E-state index in [0.717, 1.165) is 29.5 Å². The first-order valence-electron chi connectivity index (χ1n) is 13.9. The number of amides is 2. The highest BCUT2D eigenvalue weighted by atomic mass is 32.2. The smallest absolute Gasteiger partial charge is 0.243 e. The van der Waals surface area contributed by atoms with Crippen LogP contribution in [0.15, 0.2) is 77.7 Å². The van der Waals surface area contributed by atoms with Crippen LogP contribution in [0.4, 0.5) is 0 Å². The molecule has 0 aliphatic carbocycles. The van der Waals surface area contributed by atoms with Gasteiger partial charge in [0.2, 0.25) is 28.6 Å². The molecule has 3 aromatic carbocycles. The average molecular weight is 578 g/mol. The van der Waals surface area contributed by atoms with Crippen molar-refractivity contribution < 1.29 is 27.5 Å². The Hall–Kier alpha value is -3.89. The van der Waals surface area contributed by atoms with E-state index in [4.69, 9.17) is 9.47 Å². The molecule has 0 saturated carbocycles. The van der Waals surface area contributed by atoms with Gasteiger partial charge in [-0.25, -0.2) is 8.42 Å². The van der Waals surface area contributed by atoms with Crippen molar-refractivity contribution >= 4 is 21.8 Å². The fourth-order valence-electron chi connectivity index (χ4n) is 5.05. The van der Waals surface area contributed by atoms with Crippen molar-refractivity contribution in [3.63, 3.8) is 0 Å². The van der Waals surface area contributed by atoms with E-state index >= 15 is 0 Å². The number of ether oxygens (including phenoxy) is 2. The van der Waals surface area contributed by atoms with E-state index in [1.165, 1.54) is 4.31 Å². The number of hydrogen-bond acceptors (Lipinski definition) is 6. The second-order valence-corrected chi connectivity index (χ2v) is 12.3. The Morgan fingerprint density at radius 3 is 2.32 bits per heavy atom. The summed E-state index contributed by atoms with van der Waals surface area (Å²) in [6.45, 7) is 3.61. The third-order valence-corrected chi connectivity index (χ3v) is 9.43. The first-order chi connectivity index (χ1) is 19.8. The van der Waals surface area contributed by atoms with Crippen molar-refractivity contribution in [1.29, 1.82) is 0 Å². The standard InChI is InChI=1S/C31H35N3O6S/c1-23(31(36)32-20-26-11-15-28-29(19-26)40-22-39-28)34(21-25-7-3-2-4-8-25)30(35)16-12-24-9-13-27(14-10-24)41(37,38)33-17-5-6-18-33/h2-4,7-11,13-15,19,23H,5-6,12,16-18,20-22H2,1H3,(H,32,36). The molecule has 3 aromatic rings. The van der Waals surface area contributed by atoms with Crippen LogP contribution < -0.4 is 14.8 Å². The van der Waals surface area contributed by atoms with Crippen LogP contribution in [0.5, 0.6) is 11.5 Å². The molecule has 1 fully saturated rings. The van der Waals surface area contributed by atoms with Crippen LogP contribution in [0.25, 0.3) is 0 Å². The summed E-state index contributed by atoms with van der Waals surface area (Å²) in [4.78, 5) is 28.5. The Bertz CT molecular complexity index is 1470. The van der Waals surface area contributed by atoms with Crippen LogP contribution in [0.1, 0.15) is 42.9 Å². The van der Waals surface area contributed by atoms with Crippen molar-refractivity contribution in [3.8, 4) is 11.5 Å². The summed E-state index contributed by atoms with van der Waals surface area (Å²) in [7, 11) is -3.48. The van der Waals surface area contributed by atoms with Crippen molar-refractivity contribution in [2.24, 2.45) is 0 Å². The van der Waals surface area contributed by atoms with Gasteiger partial charge in [-0.1, -0.05) is 48.5 Å². The van der Waals surface area contributed by atoms with Crippen LogP contribution in [0.2, 0.25) is 0 Å². The number of hydrogen-bond donors (Lipinski definition) is 1. The normalized spacial score (nSPS) is 15.4. The summed E-state index contributed by atoms with van der Waals surface area (Å²) in [5.41, 5.74) is 2.65. The summed E-state index contributed by atoms with van der Waals surface area (Å²) in [6.07, 6.45) is 2.38. The summed E-state index contributed by atoms with van der Waals surface area (Å²) in [5, 5.41) is 2.94. The highest BCUT2D eigenvalue weighted by molar-refractivity contribution is 7.89. The van der Waals surface area contributed by atoms with E-state index in [2.05, 4.69) is 5.32 Å². The first-order valence-corrected chi connectivity index (χ1v) is 15.3. The second-order valence-electron chi connectivity index (χ2n) is 10.3. The molecule has 2 amide bonds. The largest absolute Gasteiger partial charge is 0.454 e. The van der Waals surface area contributed by atoms with Crippen LogP contribution in [0, 0.1) is 0 Å². The highest BCUT2D eigenvalue weighted by Crippen LogP contribution is 2.32. The molecule has 0 aromatic heterocycles. The van der Waals surface area contributed by atoms with E-state index < -0.39 is 16.1 Å². The van der Waals surface area contributed by atoms with Crippen molar-refractivity contribution in [3.05, 3.63) is 89.5 Å². The molecule has 9 nitrogen and oxygen atoms in total. The molecule has 1 N–H and O–H groups in total. The lowest BCUT2D eigenvalue weighted by atomic mass is 10.1. The number of nitrogens with zero attached hydrogens (tertiary/aromatic N) is 2. The average Bonchev–Trinajstić information content (AvgIpc) is 3.71. The summed E-state index contributed by atoms with van der Waals surface area (Å²) in [6, 6.07) is 21.1. The highest BCUT2D eigenvalue weighted by Gasteiger charge is 2.28. The molecule has 216 valence electrons. The quantitative estimate of drug-likeness (QED) is 0.371. The molecule has 10 heteroatoms. The van der Waals surface area contributed by atoms with Crippen LogP contribution in [-0.2, 0) is 39.1 Å². The number of rotatable bonds is 11. The van der Waals surface area contributed by atoms with Gasteiger partial charge in [0.05, 0.1) is 4.90 Å². The van der Waals surface area contributed by atoms with Gasteiger partial charge in [-0.2, -0.15) is 4.31 Å². The van der Waals surface area contributed by atoms with Gasteiger partial charge in [0.25, 0.3) is 0 Å². The van der Waals surface area contributed by atoms with Gasteiger partial charge in [-0.15, -0.1) is 0 Å². The van der Waals surface area contributed by atoms with E-state index in [1.807, 2.05) is 48.5 Å². The Morgan fingerprint density at radius 1 is 0.902 bits per heavy atom. The van der Waals surface area contributed by atoms with Crippen LogP contribution in [-0.4, -0.2) is 55.4 Å². The monoisotopic (exact) mass is 577 g/mol. The van der Waals surface area contributed by atoms with Crippen LogP contribution in [0.3, 0.4) is 0 Å². The SMILES string of the molecule is CC(C(=O)NCc1ccc2c(c1)OCO2)N(Cc1ccccc1)C(=O)CCc1ccc(S(=O)(=O)N2CCCC2)cc1. The zero-order chi connectivity index (χ0) is 28.8.